The maximum Gasteiger partial charge on any atom is 0.0737 e. The second-order valence-electron chi connectivity index (χ2n) is 5.28. The second-order valence-corrected chi connectivity index (χ2v) is 5.72. The number of pyridine rings is 1. The number of halogens is 1. The lowest BCUT2D eigenvalue weighted by Crippen LogP contribution is -2.36. The normalized spacial score (nSPS) is 11.8. The van der Waals surface area contributed by atoms with Crippen LogP contribution in [0.4, 0.5) is 5.69 Å². The second kappa shape index (κ2) is 6.42. The van der Waals surface area contributed by atoms with Crippen molar-refractivity contribution in [1.29, 1.82) is 0 Å². The van der Waals surface area contributed by atoms with Gasteiger partial charge in [-0.3, -0.25) is 4.98 Å². The lowest BCUT2D eigenvalue weighted by atomic mass is 9.82. The Morgan fingerprint density at radius 3 is 2.65 bits per heavy atom. The van der Waals surface area contributed by atoms with Crippen molar-refractivity contribution in [1.82, 2.24) is 4.98 Å². The Balaban J connectivity index is 2.26. The maximum atomic E-state index is 6.01. The third-order valence-corrected chi connectivity index (χ3v) is 4.53. The average molecular weight is 292 g/mol. The van der Waals surface area contributed by atoms with Crippen molar-refractivity contribution < 1.29 is 0 Å². The SMILES string of the molecule is CCC(CC)(CN)CNc1ccnc2cc(Cl)ccc12. The predicted molar refractivity (Wildman–Crippen MR) is 87.3 cm³/mol. The van der Waals surface area contributed by atoms with E-state index < -0.39 is 0 Å². The molecule has 1 heterocycles. The summed E-state index contributed by atoms with van der Waals surface area (Å²) in [5, 5.41) is 5.34. The highest BCUT2D eigenvalue weighted by molar-refractivity contribution is 6.31. The van der Waals surface area contributed by atoms with E-state index in [9.17, 15) is 0 Å². The molecule has 0 spiro atoms. The van der Waals surface area contributed by atoms with E-state index in [4.69, 9.17) is 17.3 Å². The van der Waals surface area contributed by atoms with E-state index in [2.05, 4.69) is 24.1 Å². The zero-order chi connectivity index (χ0) is 14.6. The number of nitrogens with two attached hydrogens (primary N) is 1. The molecule has 1 aromatic carbocycles. The molecule has 108 valence electrons. The number of hydrogen-bond donors (Lipinski definition) is 2. The Morgan fingerprint density at radius 2 is 2.00 bits per heavy atom. The first-order valence-corrected chi connectivity index (χ1v) is 7.50. The molecule has 2 aromatic rings. The fourth-order valence-electron chi connectivity index (χ4n) is 2.42. The third kappa shape index (κ3) is 3.05. The standard InChI is InChI=1S/C16H22ClN3/c1-3-16(4-2,10-18)11-20-14-7-8-19-15-9-12(17)5-6-13(14)15/h5-9H,3-4,10-11,18H2,1-2H3,(H,19,20). The van der Waals surface area contributed by atoms with Crippen molar-refractivity contribution in [3.05, 3.63) is 35.5 Å². The van der Waals surface area contributed by atoms with Crippen LogP contribution in [0.15, 0.2) is 30.5 Å². The van der Waals surface area contributed by atoms with Crippen LogP contribution in [0.3, 0.4) is 0 Å². The minimum absolute atomic E-state index is 0.155. The fraction of sp³-hybridized carbons (Fsp3) is 0.438. The van der Waals surface area contributed by atoms with Crippen LogP contribution in [0.25, 0.3) is 10.9 Å². The van der Waals surface area contributed by atoms with E-state index in [0.29, 0.717) is 11.6 Å². The molecule has 0 aliphatic heterocycles. The van der Waals surface area contributed by atoms with Gasteiger partial charge < -0.3 is 11.1 Å². The number of nitrogens with zero attached hydrogens (tertiary/aromatic N) is 1. The highest BCUT2D eigenvalue weighted by Gasteiger charge is 2.24. The smallest absolute Gasteiger partial charge is 0.0737 e. The molecule has 0 saturated carbocycles. The number of rotatable bonds is 6. The van der Waals surface area contributed by atoms with Crippen LogP contribution in [-0.4, -0.2) is 18.1 Å². The van der Waals surface area contributed by atoms with Gasteiger partial charge in [-0.2, -0.15) is 0 Å². The largest absolute Gasteiger partial charge is 0.384 e. The van der Waals surface area contributed by atoms with E-state index in [1.807, 2.05) is 30.5 Å². The molecule has 3 N–H and O–H groups in total. The monoisotopic (exact) mass is 291 g/mol. The van der Waals surface area contributed by atoms with Gasteiger partial charge in [-0.1, -0.05) is 25.4 Å². The van der Waals surface area contributed by atoms with E-state index in [1.54, 1.807) is 0 Å². The molecule has 0 fully saturated rings. The topological polar surface area (TPSA) is 50.9 Å². The summed E-state index contributed by atoms with van der Waals surface area (Å²) >= 11 is 6.01. The summed E-state index contributed by atoms with van der Waals surface area (Å²) < 4.78 is 0. The zero-order valence-electron chi connectivity index (χ0n) is 12.1. The van der Waals surface area contributed by atoms with Gasteiger partial charge in [-0.05, 0) is 49.1 Å². The molecule has 3 nitrogen and oxygen atoms in total. The molecule has 1 aromatic heterocycles. The first kappa shape index (κ1) is 15.1. The number of benzene rings is 1. The van der Waals surface area contributed by atoms with Crippen LogP contribution < -0.4 is 11.1 Å². The van der Waals surface area contributed by atoms with Gasteiger partial charge in [0.15, 0.2) is 0 Å². The van der Waals surface area contributed by atoms with Crippen LogP contribution in [0.5, 0.6) is 0 Å². The quantitative estimate of drug-likeness (QED) is 0.843. The first-order chi connectivity index (χ1) is 9.64. The molecular weight excluding hydrogens is 270 g/mol. The van der Waals surface area contributed by atoms with Crippen LogP contribution in [-0.2, 0) is 0 Å². The number of anilines is 1. The Morgan fingerprint density at radius 1 is 1.25 bits per heavy atom. The third-order valence-electron chi connectivity index (χ3n) is 4.29. The first-order valence-electron chi connectivity index (χ1n) is 7.12. The van der Waals surface area contributed by atoms with E-state index in [1.165, 1.54) is 0 Å². The van der Waals surface area contributed by atoms with Crippen molar-refractivity contribution in [2.45, 2.75) is 26.7 Å². The zero-order valence-corrected chi connectivity index (χ0v) is 12.9. The Kier molecular flexibility index (Phi) is 4.84. The van der Waals surface area contributed by atoms with Crippen molar-refractivity contribution in [3.8, 4) is 0 Å². The van der Waals surface area contributed by atoms with Crippen LogP contribution in [0, 0.1) is 5.41 Å². The summed E-state index contributed by atoms with van der Waals surface area (Å²) in [6.07, 6.45) is 3.95. The molecule has 0 atom stereocenters. The lowest BCUT2D eigenvalue weighted by molar-refractivity contribution is 0.295. The van der Waals surface area contributed by atoms with E-state index >= 15 is 0 Å². The van der Waals surface area contributed by atoms with E-state index in [0.717, 1.165) is 36.0 Å². The maximum absolute atomic E-state index is 6.01. The van der Waals surface area contributed by atoms with Crippen molar-refractivity contribution in [2.75, 3.05) is 18.4 Å². The Hall–Kier alpha value is -1.32. The van der Waals surface area contributed by atoms with Crippen molar-refractivity contribution in [3.63, 3.8) is 0 Å². The molecule has 4 heteroatoms. The highest BCUT2D eigenvalue weighted by atomic mass is 35.5. The minimum atomic E-state index is 0.155. The molecule has 0 saturated heterocycles. The molecule has 0 unspecified atom stereocenters. The fourth-order valence-corrected chi connectivity index (χ4v) is 2.59. The summed E-state index contributed by atoms with van der Waals surface area (Å²) in [6, 6.07) is 7.79. The molecule has 0 bridgehead atoms. The molecule has 0 amide bonds. The molecule has 0 aliphatic rings. The van der Waals surface area contributed by atoms with Gasteiger partial charge >= 0.3 is 0 Å². The van der Waals surface area contributed by atoms with Gasteiger partial charge in [-0.15, -0.1) is 0 Å². The average Bonchev–Trinajstić information content (AvgIpc) is 2.49. The Labute approximate surface area is 125 Å². The highest BCUT2D eigenvalue weighted by Crippen LogP contribution is 2.28. The summed E-state index contributed by atoms with van der Waals surface area (Å²) in [5.74, 6) is 0. The predicted octanol–water partition coefficient (Wildman–Crippen LogP) is 4.07. The summed E-state index contributed by atoms with van der Waals surface area (Å²) in [7, 11) is 0. The number of hydrogen-bond acceptors (Lipinski definition) is 3. The van der Waals surface area contributed by atoms with E-state index in [-0.39, 0.29) is 5.41 Å². The van der Waals surface area contributed by atoms with Crippen LogP contribution in [0.2, 0.25) is 5.02 Å². The molecule has 0 radical (unpaired) electrons. The molecule has 0 aliphatic carbocycles. The molecule has 20 heavy (non-hydrogen) atoms. The minimum Gasteiger partial charge on any atom is -0.384 e. The van der Waals surface area contributed by atoms with Gasteiger partial charge in [0.25, 0.3) is 0 Å². The summed E-state index contributed by atoms with van der Waals surface area (Å²) in [4.78, 5) is 4.36. The lowest BCUT2D eigenvalue weighted by Gasteiger charge is -2.31. The van der Waals surface area contributed by atoms with Crippen molar-refractivity contribution >= 4 is 28.2 Å². The van der Waals surface area contributed by atoms with Crippen LogP contribution in [0.1, 0.15) is 26.7 Å². The number of nitrogens with one attached hydrogen (secondary N) is 1. The van der Waals surface area contributed by atoms with Gasteiger partial charge in [0.2, 0.25) is 0 Å². The summed E-state index contributed by atoms with van der Waals surface area (Å²) in [6.45, 7) is 5.96. The van der Waals surface area contributed by atoms with Gasteiger partial charge in [0.05, 0.1) is 5.52 Å². The summed E-state index contributed by atoms with van der Waals surface area (Å²) in [5.41, 5.74) is 8.11. The van der Waals surface area contributed by atoms with Gasteiger partial charge in [0, 0.05) is 28.8 Å². The molecular formula is C16H22ClN3. The Bertz CT molecular complexity index is 571. The van der Waals surface area contributed by atoms with Gasteiger partial charge in [-0.25, -0.2) is 0 Å². The number of fused-ring (bicyclic) bond motifs is 1. The van der Waals surface area contributed by atoms with Gasteiger partial charge in [0.1, 0.15) is 0 Å². The molecule has 2 rings (SSSR count). The number of aromatic nitrogens is 1. The van der Waals surface area contributed by atoms with Crippen molar-refractivity contribution in [2.24, 2.45) is 11.1 Å². The van der Waals surface area contributed by atoms with Crippen LogP contribution >= 0.6 is 11.6 Å².